The van der Waals surface area contributed by atoms with Gasteiger partial charge < -0.3 is 9.47 Å². The van der Waals surface area contributed by atoms with Gasteiger partial charge in [-0.15, -0.1) is 0 Å². The molecule has 2 aromatic rings. The number of nitrogens with zero attached hydrogens (tertiary/aromatic N) is 2. The molecule has 0 spiro atoms. The number of methoxy groups -OCH3 is 2. The second kappa shape index (κ2) is 8.24. The summed E-state index contributed by atoms with van der Waals surface area (Å²) in [4.78, 5) is 7.69. The summed E-state index contributed by atoms with van der Waals surface area (Å²) in [6.45, 7) is 1.71. The average Bonchev–Trinajstić information content (AvgIpc) is 2.60. The second-order valence-electron chi connectivity index (χ2n) is 5.70. The molecule has 8 heteroatoms. The predicted octanol–water partition coefficient (Wildman–Crippen LogP) is 2.39. The number of sulfone groups is 1. The van der Waals surface area contributed by atoms with Crippen molar-refractivity contribution in [3.63, 3.8) is 0 Å². The highest BCUT2D eigenvalue weighted by Gasteiger charge is 2.20. The van der Waals surface area contributed by atoms with Gasteiger partial charge >= 0.3 is 0 Å². The molecule has 0 saturated heterocycles. The third-order valence-electron chi connectivity index (χ3n) is 3.76. The van der Waals surface area contributed by atoms with Crippen LogP contribution in [0.25, 0.3) is 0 Å². The summed E-state index contributed by atoms with van der Waals surface area (Å²) in [5, 5.41) is 0. The van der Waals surface area contributed by atoms with E-state index in [1.54, 1.807) is 32.2 Å². The van der Waals surface area contributed by atoms with E-state index in [0.29, 0.717) is 23.7 Å². The minimum atomic E-state index is -3.34. The summed E-state index contributed by atoms with van der Waals surface area (Å²) < 4.78 is 48.0. The fourth-order valence-electron chi connectivity index (χ4n) is 2.44. The Morgan fingerprint density at radius 1 is 1.16 bits per heavy atom. The van der Waals surface area contributed by atoms with Gasteiger partial charge in [0.05, 0.1) is 38.1 Å². The Balaban J connectivity index is 2.03. The summed E-state index contributed by atoms with van der Waals surface area (Å²) in [6, 6.07) is 5.27. The molecule has 6 nitrogen and oxygen atoms in total. The van der Waals surface area contributed by atoms with Crippen LogP contribution < -0.4 is 9.47 Å². The number of ether oxygens (including phenoxy) is 2. The van der Waals surface area contributed by atoms with Crippen molar-refractivity contribution in [2.24, 2.45) is 0 Å². The first kappa shape index (κ1) is 19.1. The van der Waals surface area contributed by atoms with Gasteiger partial charge in [0.25, 0.3) is 0 Å². The Morgan fingerprint density at radius 2 is 1.84 bits per heavy atom. The maximum atomic E-state index is 12.9. The van der Waals surface area contributed by atoms with Gasteiger partial charge in [0.1, 0.15) is 17.3 Å². The van der Waals surface area contributed by atoms with Crippen molar-refractivity contribution < 1.29 is 22.3 Å². The highest BCUT2D eigenvalue weighted by atomic mass is 32.2. The molecular weight excluding hydrogens is 347 g/mol. The van der Waals surface area contributed by atoms with Gasteiger partial charge in [0.15, 0.2) is 15.7 Å². The Labute approximate surface area is 147 Å². The maximum absolute atomic E-state index is 12.9. The van der Waals surface area contributed by atoms with E-state index in [-0.39, 0.29) is 11.5 Å². The van der Waals surface area contributed by atoms with Crippen LogP contribution in [0, 0.1) is 5.82 Å². The number of benzene rings is 1. The molecule has 0 amide bonds. The van der Waals surface area contributed by atoms with E-state index in [1.807, 2.05) is 0 Å². The van der Waals surface area contributed by atoms with E-state index in [4.69, 9.17) is 9.47 Å². The minimum Gasteiger partial charge on any atom is -0.497 e. The Morgan fingerprint density at radius 3 is 2.44 bits per heavy atom. The minimum absolute atomic E-state index is 0.0266. The zero-order chi connectivity index (χ0) is 18.4. The quantitative estimate of drug-likeness (QED) is 0.712. The lowest BCUT2D eigenvalue weighted by molar-refractivity contribution is 0.391. The van der Waals surface area contributed by atoms with Crippen LogP contribution in [0.4, 0.5) is 4.39 Å². The molecule has 136 valence electrons. The van der Waals surface area contributed by atoms with Gasteiger partial charge in [0, 0.05) is 12.0 Å². The first-order valence-electron chi connectivity index (χ1n) is 7.73. The Kier molecular flexibility index (Phi) is 6.30. The molecule has 1 aromatic carbocycles. The molecule has 0 bridgehead atoms. The average molecular weight is 368 g/mol. The number of hydrogen-bond acceptors (Lipinski definition) is 6. The standard InChI is InChI=1S/C17H21FN2O4S/c1-12(17-19-9-14(18)10-20-17)11-25(21,22)7-6-13-4-5-15(23-2)8-16(13)24-3/h4-5,8-10,12H,6-7,11H2,1-3H3/t12-/m0/s1. The highest BCUT2D eigenvalue weighted by molar-refractivity contribution is 7.91. The monoisotopic (exact) mass is 368 g/mol. The molecule has 0 aliphatic carbocycles. The zero-order valence-corrected chi connectivity index (χ0v) is 15.2. The molecule has 0 radical (unpaired) electrons. The Hall–Kier alpha value is -2.22. The SMILES string of the molecule is COc1ccc(CCS(=O)(=O)C[C@H](C)c2ncc(F)cn2)c(OC)c1. The van der Waals surface area contributed by atoms with Crippen molar-refractivity contribution in [2.45, 2.75) is 19.3 Å². The highest BCUT2D eigenvalue weighted by Crippen LogP contribution is 2.25. The van der Waals surface area contributed by atoms with E-state index < -0.39 is 21.6 Å². The van der Waals surface area contributed by atoms with Crippen LogP contribution in [-0.4, -0.2) is 44.1 Å². The van der Waals surface area contributed by atoms with Gasteiger partial charge in [-0.3, -0.25) is 0 Å². The lowest BCUT2D eigenvalue weighted by atomic mass is 10.1. The molecule has 25 heavy (non-hydrogen) atoms. The van der Waals surface area contributed by atoms with E-state index in [2.05, 4.69) is 9.97 Å². The van der Waals surface area contributed by atoms with Crippen LogP contribution in [0.2, 0.25) is 0 Å². The van der Waals surface area contributed by atoms with Crippen LogP contribution in [0.3, 0.4) is 0 Å². The van der Waals surface area contributed by atoms with Crippen molar-refractivity contribution in [1.82, 2.24) is 9.97 Å². The topological polar surface area (TPSA) is 78.4 Å². The summed E-state index contributed by atoms with van der Waals surface area (Å²) in [5.74, 6) is 0.453. The van der Waals surface area contributed by atoms with E-state index >= 15 is 0 Å². The molecule has 0 aliphatic rings. The number of halogens is 1. The molecule has 0 unspecified atom stereocenters. The van der Waals surface area contributed by atoms with Crippen molar-refractivity contribution in [3.8, 4) is 11.5 Å². The van der Waals surface area contributed by atoms with Crippen molar-refractivity contribution in [1.29, 1.82) is 0 Å². The van der Waals surface area contributed by atoms with Crippen LogP contribution in [-0.2, 0) is 16.3 Å². The van der Waals surface area contributed by atoms with Gasteiger partial charge in [-0.25, -0.2) is 22.8 Å². The largest absolute Gasteiger partial charge is 0.497 e. The smallest absolute Gasteiger partial charge is 0.159 e. The molecule has 1 atom stereocenters. The molecule has 1 heterocycles. The van der Waals surface area contributed by atoms with E-state index in [9.17, 15) is 12.8 Å². The predicted molar refractivity (Wildman–Crippen MR) is 92.3 cm³/mol. The number of rotatable bonds is 8. The zero-order valence-electron chi connectivity index (χ0n) is 14.4. The summed E-state index contributed by atoms with van der Waals surface area (Å²) in [5.41, 5.74) is 0.789. The maximum Gasteiger partial charge on any atom is 0.159 e. The van der Waals surface area contributed by atoms with Crippen LogP contribution in [0.15, 0.2) is 30.6 Å². The van der Waals surface area contributed by atoms with Crippen molar-refractivity contribution in [2.75, 3.05) is 25.7 Å². The van der Waals surface area contributed by atoms with Gasteiger partial charge in [-0.05, 0) is 18.1 Å². The van der Waals surface area contributed by atoms with Gasteiger partial charge in [-0.2, -0.15) is 0 Å². The second-order valence-corrected chi connectivity index (χ2v) is 7.93. The summed E-state index contributed by atoms with van der Waals surface area (Å²) >= 11 is 0. The van der Waals surface area contributed by atoms with Crippen LogP contribution >= 0.6 is 0 Å². The number of aromatic nitrogens is 2. The van der Waals surface area contributed by atoms with Crippen LogP contribution in [0.5, 0.6) is 11.5 Å². The molecule has 2 rings (SSSR count). The van der Waals surface area contributed by atoms with Crippen LogP contribution in [0.1, 0.15) is 24.2 Å². The third-order valence-corrected chi connectivity index (χ3v) is 5.60. The first-order chi connectivity index (χ1) is 11.8. The molecule has 0 saturated carbocycles. The molecule has 1 aromatic heterocycles. The van der Waals surface area contributed by atoms with Crippen molar-refractivity contribution in [3.05, 3.63) is 47.8 Å². The van der Waals surface area contributed by atoms with Crippen molar-refractivity contribution >= 4 is 9.84 Å². The van der Waals surface area contributed by atoms with E-state index in [1.165, 1.54) is 7.11 Å². The third kappa shape index (κ3) is 5.38. The fourth-order valence-corrected chi connectivity index (χ4v) is 4.05. The molecular formula is C17H21FN2O4S. The van der Waals surface area contributed by atoms with E-state index in [0.717, 1.165) is 18.0 Å². The van der Waals surface area contributed by atoms with Gasteiger partial charge in [-0.1, -0.05) is 13.0 Å². The lowest BCUT2D eigenvalue weighted by Gasteiger charge is -2.13. The molecule has 0 aliphatic heterocycles. The summed E-state index contributed by atoms with van der Waals surface area (Å²) in [6.07, 6.45) is 2.40. The normalized spacial score (nSPS) is 12.6. The molecule has 0 N–H and O–H groups in total. The number of hydrogen-bond donors (Lipinski definition) is 0. The Bertz CT molecular complexity index is 810. The lowest BCUT2D eigenvalue weighted by Crippen LogP contribution is -2.19. The summed E-state index contributed by atoms with van der Waals surface area (Å²) in [7, 11) is -0.257. The van der Waals surface area contributed by atoms with Gasteiger partial charge in [0.2, 0.25) is 0 Å². The first-order valence-corrected chi connectivity index (χ1v) is 9.55. The fraction of sp³-hybridized carbons (Fsp3) is 0.412. The number of aryl methyl sites for hydroxylation is 1. The molecule has 0 fully saturated rings.